The van der Waals surface area contributed by atoms with Gasteiger partial charge in [-0.1, -0.05) is 70.4 Å². The third-order valence-electron chi connectivity index (χ3n) is 3.67. The van der Waals surface area contributed by atoms with Gasteiger partial charge in [0.05, 0.1) is 10.6 Å². The summed E-state index contributed by atoms with van der Waals surface area (Å²) < 4.78 is 13.8. The molecular formula is C17H26BrFO. The quantitative estimate of drug-likeness (QED) is 0.504. The molecule has 0 aliphatic heterocycles. The maximum Gasteiger partial charge on any atom is 0.137 e. The fraction of sp³-hybridized carbons (Fsp3) is 0.647. The van der Waals surface area contributed by atoms with Gasteiger partial charge in [-0.05, 0) is 34.0 Å². The standard InChI is InChI=1S/C17H26BrFO/c1-2-3-4-5-6-7-8-9-13-16(20)14-11-10-12-15(19)17(14)18/h10-12,16,20H,2-9,13H2,1H3. The largest absolute Gasteiger partial charge is 0.388 e. The lowest BCUT2D eigenvalue weighted by Gasteiger charge is -2.13. The minimum atomic E-state index is -0.569. The highest BCUT2D eigenvalue weighted by Gasteiger charge is 2.13. The lowest BCUT2D eigenvalue weighted by molar-refractivity contribution is 0.162. The second-order valence-corrected chi connectivity index (χ2v) is 6.22. The van der Waals surface area contributed by atoms with E-state index in [0.717, 1.165) is 12.8 Å². The molecule has 0 radical (unpaired) electrons. The van der Waals surface area contributed by atoms with Crippen LogP contribution in [0.5, 0.6) is 0 Å². The zero-order valence-electron chi connectivity index (χ0n) is 12.4. The Morgan fingerprint density at radius 1 is 1.05 bits per heavy atom. The second kappa shape index (κ2) is 10.3. The summed E-state index contributed by atoms with van der Waals surface area (Å²) in [5.74, 6) is -0.308. The predicted octanol–water partition coefficient (Wildman–Crippen LogP) is 6.15. The van der Waals surface area contributed by atoms with E-state index >= 15 is 0 Å². The van der Waals surface area contributed by atoms with Gasteiger partial charge in [0.1, 0.15) is 5.82 Å². The number of halogens is 2. The van der Waals surface area contributed by atoms with Gasteiger partial charge in [0.25, 0.3) is 0 Å². The summed E-state index contributed by atoms with van der Waals surface area (Å²) in [7, 11) is 0. The number of benzene rings is 1. The molecule has 0 aromatic heterocycles. The van der Waals surface area contributed by atoms with Gasteiger partial charge in [-0.15, -0.1) is 0 Å². The van der Waals surface area contributed by atoms with Crippen LogP contribution in [0.2, 0.25) is 0 Å². The minimum absolute atomic E-state index is 0.308. The summed E-state index contributed by atoms with van der Waals surface area (Å²) in [5, 5.41) is 10.1. The maximum atomic E-state index is 13.4. The number of aliphatic hydroxyl groups excluding tert-OH is 1. The van der Waals surface area contributed by atoms with Crippen molar-refractivity contribution in [1.82, 2.24) is 0 Å². The molecule has 0 fully saturated rings. The van der Waals surface area contributed by atoms with E-state index in [2.05, 4.69) is 22.9 Å². The Morgan fingerprint density at radius 2 is 1.65 bits per heavy atom. The Hall–Kier alpha value is -0.410. The van der Waals surface area contributed by atoms with Crippen molar-refractivity contribution in [2.45, 2.75) is 70.8 Å². The highest BCUT2D eigenvalue weighted by Crippen LogP contribution is 2.29. The Kier molecular flexibility index (Phi) is 9.12. The van der Waals surface area contributed by atoms with Gasteiger partial charge >= 0.3 is 0 Å². The first-order valence-electron chi connectivity index (χ1n) is 7.78. The molecule has 3 heteroatoms. The highest BCUT2D eigenvalue weighted by molar-refractivity contribution is 9.10. The zero-order valence-corrected chi connectivity index (χ0v) is 14.0. The van der Waals surface area contributed by atoms with Gasteiger partial charge in [0.2, 0.25) is 0 Å². The van der Waals surface area contributed by atoms with Crippen LogP contribution in [-0.4, -0.2) is 5.11 Å². The monoisotopic (exact) mass is 344 g/mol. The van der Waals surface area contributed by atoms with E-state index in [1.54, 1.807) is 12.1 Å². The highest BCUT2D eigenvalue weighted by atomic mass is 79.9. The van der Waals surface area contributed by atoms with E-state index in [1.807, 2.05) is 0 Å². The van der Waals surface area contributed by atoms with Crippen molar-refractivity contribution in [3.63, 3.8) is 0 Å². The molecule has 0 saturated heterocycles. The maximum absolute atomic E-state index is 13.4. The molecule has 0 saturated carbocycles. The van der Waals surface area contributed by atoms with Crippen LogP contribution in [0.1, 0.15) is 76.4 Å². The van der Waals surface area contributed by atoms with E-state index in [-0.39, 0.29) is 5.82 Å². The van der Waals surface area contributed by atoms with Crippen molar-refractivity contribution in [1.29, 1.82) is 0 Å². The average molecular weight is 345 g/mol. The van der Waals surface area contributed by atoms with E-state index < -0.39 is 6.10 Å². The smallest absolute Gasteiger partial charge is 0.137 e. The fourth-order valence-electron chi connectivity index (χ4n) is 2.40. The van der Waals surface area contributed by atoms with E-state index in [9.17, 15) is 9.50 Å². The molecule has 1 aromatic carbocycles. The Bertz CT molecular complexity index is 381. The van der Waals surface area contributed by atoms with Crippen molar-refractivity contribution < 1.29 is 9.50 Å². The van der Waals surface area contributed by atoms with Gasteiger partial charge < -0.3 is 5.11 Å². The van der Waals surface area contributed by atoms with Crippen LogP contribution in [0.3, 0.4) is 0 Å². The number of aliphatic hydroxyl groups is 1. The first-order chi connectivity index (χ1) is 9.66. The summed E-state index contributed by atoms with van der Waals surface area (Å²) in [5.41, 5.74) is 0.660. The van der Waals surface area contributed by atoms with Gasteiger partial charge in [-0.2, -0.15) is 0 Å². The molecule has 1 unspecified atom stereocenters. The molecule has 1 rings (SSSR count). The lowest BCUT2D eigenvalue weighted by Crippen LogP contribution is -2.00. The molecule has 20 heavy (non-hydrogen) atoms. The lowest BCUT2D eigenvalue weighted by atomic mass is 10.0. The third kappa shape index (κ3) is 6.36. The molecule has 1 atom stereocenters. The molecule has 0 aliphatic rings. The molecule has 0 aliphatic carbocycles. The SMILES string of the molecule is CCCCCCCCCCC(O)c1cccc(F)c1Br. The van der Waals surface area contributed by atoms with E-state index in [4.69, 9.17) is 0 Å². The van der Waals surface area contributed by atoms with Crippen molar-refractivity contribution in [3.05, 3.63) is 34.1 Å². The van der Waals surface area contributed by atoms with Crippen LogP contribution in [0.4, 0.5) is 4.39 Å². The van der Waals surface area contributed by atoms with Crippen LogP contribution in [0.25, 0.3) is 0 Å². The van der Waals surface area contributed by atoms with E-state index in [1.165, 1.54) is 44.6 Å². The first kappa shape index (κ1) is 17.6. The number of unbranched alkanes of at least 4 members (excludes halogenated alkanes) is 7. The van der Waals surface area contributed by atoms with Crippen molar-refractivity contribution in [2.24, 2.45) is 0 Å². The fourth-order valence-corrected chi connectivity index (χ4v) is 2.93. The van der Waals surface area contributed by atoms with E-state index in [0.29, 0.717) is 16.5 Å². The summed E-state index contributed by atoms with van der Waals surface area (Å²) >= 11 is 3.20. The second-order valence-electron chi connectivity index (χ2n) is 5.42. The van der Waals surface area contributed by atoms with Gasteiger partial charge in [0.15, 0.2) is 0 Å². The molecule has 1 aromatic rings. The summed E-state index contributed by atoms with van der Waals surface area (Å²) in [6.45, 7) is 2.23. The topological polar surface area (TPSA) is 20.2 Å². The molecule has 1 N–H and O–H groups in total. The summed E-state index contributed by atoms with van der Waals surface area (Å²) in [6.07, 6.45) is 10.1. The molecule has 0 spiro atoms. The van der Waals surface area contributed by atoms with Crippen LogP contribution in [-0.2, 0) is 0 Å². The summed E-state index contributed by atoms with van der Waals surface area (Å²) in [4.78, 5) is 0. The Labute approximate surface area is 130 Å². The molecule has 0 bridgehead atoms. The Balaban J connectivity index is 2.17. The molecular weight excluding hydrogens is 319 g/mol. The first-order valence-corrected chi connectivity index (χ1v) is 8.58. The normalized spacial score (nSPS) is 12.6. The molecule has 0 amide bonds. The van der Waals surface area contributed by atoms with Crippen LogP contribution >= 0.6 is 15.9 Å². The van der Waals surface area contributed by atoms with Gasteiger partial charge in [-0.3, -0.25) is 0 Å². The van der Waals surface area contributed by atoms with Crippen molar-refractivity contribution >= 4 is 15.9 Å². The predicted molar refractivity (Wildman–Crippen MR) is 86.3 cm³/mol. The van der Waals surface area contributed by atoms with Crippen LogP contribution < -0.4 is 0 Å². The molecule has 114 valence electrons. The average Bonchev–Trinajstić information content (AvgIpc) is 2.44. The van der Waals surface area contributed by atoms with Crippen LogP contribution in [0.15, 0.2) is 22.7 Å². The third-order valence-corrected chi connectivity index (χ3v) is 4.51. The zero-order chi connectivity index (χ0) is 14.8. The summed E-state index contributed by atoms with van der Waals surface area (Å²) in [6, 6.07) is 4.82. The number of hydrogen-bond donors (Lipinski definition) is 1. The Morgan fingerprint density at radius 3 is 2.30 bits per heavy atom. The molecule has 0 heterocycles. The van der Waals surface area contributed by atoms with Gasteiger partial charge in [-0.25, -0.2) is 4.39 Å². The number of hydrogen-bond acceptors (Lipinski definition) is 1. The van der Waals surface area contributed by atoms with Crippen LogP contribution in [0, 0.1) is 5.82 Å². The van der Waals surface area contributed by atoms with Gasteiger partial charge in [0, 0.05) is 0 Å². The van der Waals surface area contributed by atoms with Crippen molar-refractivity contribution in [3.8, 4) is 0 Å². The minimum Gasteiger partial charge on any atom is -0.388 e. The molecule has 1 nitrogen and oxygen atoms in total. The number of rotatable bonds is 10. The van der Waals surface area contributed by atoms with Crippen molar-refractivity contribution in [2.75, 3.05) is 0 Å².